The van der Waals surface area contributed by atoms with Gasteiger partial charge in [-0.25, -0.2) is 0 Å². The molecule has 2 aromatic rings. The van der Waals surface area contributed by atoms with E-state index in [1.165, 1.54) is 16.8 Å². The van der Waals surface area contributed by atoms with Gasteiger partial charge in [0.2, 0.25) is 5.91 Å². The molecule has 9 heteroatoms. The highest BCUT2D eigenvalue weighted by atomic mass is 16.5. The van der Waals surface area contributed by atoms with Gasteiger partial charge in [0.05, 0.1) is 19.3 Å². The summed E-state index contributed by atoms with van der Waals surface area (Å²) >= 11 is 0. The molecule has 0 bridgehead atoms. The van der Waals surface area contributed by atoms with Gasteiger partial charge in [-0.3, -0.25) is 14.3 Å². The summed E-state index contributed by atoms with van der Waals surface area (Å²) in [5, 5.41) is 14.3. The van der Waals surface area contributed by atoms with Crippen molar-refractivity contribution < 1.29 is 19.4 Å². The van der Waals surface area contributed by atoms with Crippen LogP contribution < -0.4 is 4.90 Å². The minimum atomic E-state index is -0.0693. The van der Waals surface area contributed by atoms with Gasteiger partial charge in [-0.1, -0.05) is 12.1 Å². The summed E-state index contributed by atoms with van der Waals surface area (Å²) in [6.07, 6.45) is 4.67. The fraction of sp³-hybridized carbons (Fsp3) is 0.645. The van der Waals surface area contributed by atoms with Gasteiger partial charge in [-0.15, -0.1) is 0 Å². The number of ether oxygens (including phenoxy) is 1. The third-order valence-electron chi connectivity index (χ3n) is 10.5. The molecule has 3 atom stereocenters. The average molecular weight is 548 g/mol. The normalized spacial score (nSPS) is 26.8. The molecule has 5 aliphatic rings. The van der Waals surface area contributed by atoms with Crippen molar-refractivity contribution in [3.63, 3.8) is 0 Å². The standard InChI is InChI=1S/C31H41N5O4/c1-20-4-3-5-25(21(20)2)33-10-12-34(13-11-33)27(38)17-36-26-15-22-14-24(22)28(26)29(32-36)30(39)35-8-6-31(7-9-35)16-23(18-37)40-19-31/h3-5,22-24,37H,6-19H2,1-2H3/t22-,23?,24-/m1/s1. The first kappa shape index (κ1) is 26.0. The maximum atomic E-state index is 13.7. The Kier molecular flexibility index (Phi) is 6.42. The van der Waals surface area contributed by atoms with Crippen LogP contribution in [0.5, 0.6) is 0 Å². The summed E-state index contributed by atoms with van der Waals surface area (Å²) < 4.78 is 7.63. The number of amides is 2. The number of piperidine rings is 1. The van der Waals surface area contributed by atoms with E-state index < -0.39 is 0 Å². The van der Waals surface area contributed by atoms with Gasteiger partial charge >= 0.3 is 0 Å². The predicted molar refractivity (Wildman–Crippen MR) is 151 cm³/mol. The smallest absolute Gasteiger partial charge is 0.274 e. The molecule has 4 fully saturated rings. The van der Waals surface area contributed by atoms with Crippen LogP contribution in [0, 0.1) is 25.2 Å². The average Bonchev–Trinajstić information content (AvgIpc) is 3.27. The van der Waals surface area contributed by atoms with Crippen molar-refractivity contribution in [1.82, 2.24) is 19.6 Å². The number of carbonyl (C=O) groups is 2. The summed E-state index contributed by atoms with van der Waals surface area (Å²) in [5.74, 6) is 1.15. The zero-order valence-corrected chi connectivity index (χ0v) is 23.8. The van der Waals surface area contributed by atoms with Crippen molar-refractivity contribution in [1.29, 1.82) is 0 Å². The molecule has 3 saturated heterocycles. The summed E-state index contributed by atoms with van der Waals surface area (Å²) in [7, 11) is 0. The van der Waals surface area contributed by atoms with Crippen LogP contribution in [-0.4, -0.2) is 95.1 Å². The van der Waals surface area contributed by atoms with E-state index in [2.05, 4.69) is 36.9 Å². The van der Waals surface area contributed by atoms with Crippen LogP contribution in [0.1, 0.15) is 64.5 Å². The Bertz CT molecular complexity index is 1320. The molecule has 1 aromatic carbocycles. The Labute approximate surface area is 236 Å². The molecule has 40 heavy (non-hydrogen) atoms. The lowest BCUT2D eigenvalue weighted by Crippen LogP contribution is -2.50. The molecule has 9 nitrogen and oxygen atoms in total. The second-order valence-electron chi connectivity index (χ2n) is 12.9. The van der Waals surface area contributed by atoms with Crippen molar-refractivity contribution in [2.45, 2.75) is 64.5 Å². The van der Waals surface area contributed by atoms with Gasteiger partial charge in [0.25, 0.3) is 5.91 Å². The van der Waals surface area contributed by atoms with Gasteiger partial charge in [0.1, 0.15) is 6.54 Å². The van der Waals surface area contributed by atoms with Crippen LogP contribution in [-0.2, 0) is 22.5 Å². The lowest BCUT2D eigenvalue weighted by molar-refractivity contribution is -0.132. The summed E-state index contributed by atoms with van der Waals surface area (Å²) in [4.78, 5) is 33.5. The number of fused-ring (bicyclic) bond motifs is 3. The van der Waals surface area contributed by atoms with E-state index in [1.807, 2.05) is 14.5 Å². The maximum absolute atomic E-state index is 13.7. The number of carbonyl (C=O) groups excluding carboxylic acids is 2. The second-order valence-corrected chi connectivity index (χ2v) is 12.9. The Hall–Kier alpha value is -2.91. The Morgan fingerprint density at radius 1 is 1.07 bits per heavy atom. The molecule has 3 aliphatic heterocycles. The molecular formula is C31H41N5O4. The van der Waals surface area contributed by atoms with E-state index in [0.717, 1.165) is 56.5 Å². The number of rotatable bonds is 5. The summed E-state index contributed by atoms with van der Waals surface area (Å²) in [6.45, 7) is 9.69. The minimum Gasteiger partial charge on any atom is -0.394 e. The topological polar surface area (TPSA) is 91.1 Å². The number of aliphatic hydroxyl groups excluding tert-OH is 1. The molecule has 1 unspecified atom stereocenters. The molecule has 1 aromatic heterocycles. The number of benzene rings is 1. The fourth-order valence-electron chi connectivity index (χ4n) is 7.68. The van der Waals surface area contributed by atoms with E-state index in [9.17, 15) is 14.7 Å². The van der Waals surface area contributed by atoms with Gasteiger partial charge in [-0.2, -0.15) is 5.10 Å². The Morgan fingerprint density at radius 2 is 1.85 bits per heavy atom. The first-order valence-corrected chi connectivity index (χ1v) is 15.1. The largest absolute Gasteiger partial charge is 0.394 e. The molecule has 7 rings (SSSR count). The Morgan fingerprint density at radius 3 is 2.58 bits per heavy atom. The zero-order chi connectivity index (χ0) is 27.6. The molecular weight excluding hydrogens is 506 g/mol. The third-order valence-corrected chi connectivity index (χ3v) is 10.5. The van der Waals surface area contributed by atoms with Crippen molar-refractivity contribution in [3.8, 4) is 0 Å². The SMILES string of the molecule is Cc1cccc(N2CCN(C(=O)Cn3nc(C(=O)N4CCC5(CC4)COC(CO)C5)c4c3C[C@H]3C[C@@H]43)CC2)c1C. The van der Waals surface area contributed by atoms with E-state index in [-0.39, 0.29) is 36.5 Å². The molecule has 2 aliphatic carbocycles. The number of hydrogen-bond acceptors (Lipinski definition) is 6. The molecule has 4 heterocycles. The number of likely N-dealkylation sites (tertiary alicyclic amines) is 1. The molecule has 214 valence electrons. The first-order chi connectivity index (χ1) is 19.4. The maximum Gasteiger partial charge on any atom is 0.274 e. The van der Waals surface area contributed by atoms with Gasteiger partial charge in [0.15, 0.2) is 5.69 Å². The minimum absolute atomic E-state index is 0.0182. The fourth-order valence-corrected chi connectivity index (χ4v) is 7.68. The highest BCUT2D eigenvalue weighted by molar-refractivity contribution is 5.95. The van der Waals surface area contributed by atoms with Crippen molar-refractivity contribution >= 4 is 17.5 Å². The number of anilines is 1. The number of aryl methyl sites for hydroxylation is 1. The molecule has 1 N–H and O–H groups in total. The highest BCUT2D eigenvalue weighted by Gasteiger charge is 2.51. The lowest BCUT2D eigenvalue weighted by atomic mass is 9.76. The van der Waals surface area contributed by atoms with Crippen LogP contribution in [0.25, 0.3) is 0 Å². The first-order valence-electron chi connectivity index (χ1n) is 15.1. The third kappa shape index (κ3) is 4.42. The second kappa shape index (κ2) is 9.87. The van der Waals surface area contributed by atoms with Crippen LogP contribution in [0.3, 0.4) is 0 Å². The lowest BCUT2D eigenvalue weighted by Gasteiger charge is -2.38. The van der Waals surface area contributed by atoms with Crippen LogP contribution in [0.4, 0.5) is 5.69 Å². The van der Waals surface area contributed by atoms with E-state index in [4.69, 9.17) is 9.84 Å². The highest BCUT2D eigenvalue weighted by Crippen LogP contribution is 2.57. The summed E-state index contributed by atoms with van der Waals surface area (Å²) in [5.41, 5.74) is 6.75. The van der Waals surface area contributed by atoms with Gasteiger partial charge in [0, 0.05) is 56.2 Å². The van der Waals surface area contributed by atoms with Crippen LogP contribution in [0.2, 0.25) is 0 Å². The molecule has 1 saturated carbocycles. The van der Waals surface area contributed by atoms with Gasteiger partial charge < -0.3 is 24.5 Å². The number of aliphatic hydroxyl groups is 1. The van der Waals surface area contributed by atoms with Crippen molar-refractivity contribution in [2.24, 2.45) is 11.3 Å². The quantitative estimate of drug-likeness (QED) is 0.619. The van der Waals surface area contributed by atoms with Crippen molar-refractivity contribution in [3.05, 3.63) is 46.3 Å². The van der Waals surface area contributed by atoms with Crippen LogP contribution in [0.15, 0.2) is 18.2 Å². The van der Waals surface area contributed by atoms with E-state index in [0.29, 0.717) is 50.3 Å². The number of nitrogens with zero attached hydrogens (tertiary/aromatic N) is 5. The summed E-state index contributed by atoms with van der Waals surface area (Å²) in [6, 6.07) is 6.42. The number of hydrogen-bond donors (Lipinski definition) is 1. The van der Waals surface area contributed by atoms with Gasteiger partial charge in [-0.05, 0) is 80.4 Å². The number of piperazine rings is 1. The van der Waals surface area contributed by atoms with Crippen LogP contribution >= 0.6 is 0 Å². The molecule has 1 spiro atoms. The van der Waals surface area contributed by atoms with E-state index >= 15 is 0 Å². The van der Waals surface area contributed by atoms with E-state index in [1.54, 1.807) is 0 Å². The zero-order valence-electron chi connectivity index (χ0n) is 23.8. The number of aromatic nitrogens is 2. The van der Waals surface area contributed by atoms with Crippen molar-refractivity contribution in [2.75, 3.05) is 57.4 Å². The predicted octanol–water partition coefficient (Wildman–Crippen LogP) is 2.51. The Balaban J connectivity index is 1.01. The monoisotopic (exact) mass is 547 g/mol. The molecule has 2 amide bonds. The molecule has 0 radical (unpaired) electrons.